The van der Waals surface area contributed by atoms with E-state index in [4.69, 9.17) is 4.74 Å². The maximum Gasteiger partial charge on any atom is 0.0753 e. The van der Waals surface area contributed by atoms with E-state index in [0.717, 1.165) is 6.42 Å². The second kappa shape index (κ2) is 5.39. The summed E-state index contributed by atoms with van der Waals surface area (Å²) < 4.78 is 8.03. The van der Waals surface area contributed by atoms with E-state index in [2.05, 4.69) is 53.9 Å². The zero-order chi connectivity index (χ0) is 11.8. The summed E-state index contributed by atoms with van der Waals surface area (Å²) in [6.45, 7) is 0. The lowest BCUT2D eigenvalue weighted by atomic mass is 9.76. The van der Waals surface area contributed by atoms with Crippen LogP contribution in [0.1, 0.15) is 36.1 Å². The molecule has 0 amide bonds. The van der Waals surface area contributed by atoms with E-state index in [1.165, 1.54) is 32.4 Å². The fourth-order valence-electron chi connectivity index (χ4n) is 2.07. The Labute approximate surface area is 125 Å². The van der Waals surface area contributed by atoms with E-state index in [9.17, 15) is 0 Å². The van der Waals surface area contributed by atoms with Crippen LogP contribution in [-0.4, -0.2) is 12.7 Å². The van der Waals surface area contributed by atoms with Crippen molar-refractivity contribution < 1.29 is 4.74 Å². The highest BCUT2D eigenvalue weighted by Gasteiger charge is 2.39. The Bertz CT molecular complexity index is 368. The Hall–Kier alpha value is 1.10. The number of alkyl halides is 1. The molecule has 16 heavy (non-hydrogen) atoms. The number of ether oxygens (including phenoxy) is 1. The molecule has 0 aromatic carbocycles. The van der Waals surface area contributed by atoms with Crippen molar-refractivity contribution in [2.75, 3.05) is 7.11 Å². The van der Waals surface area contributed by atoms with Crippen molar-refractivity contribution >= 4 is 59.1 Å². The normalized spacial score (nSPS) is 20.5. The van der Waals surface area contributed by atoms with E-state index in [1.807, 2.05) is 7.11 Å². The molecule has 0 spiro atoms. The smallest absolute Gasteiger partial charge is 0.0753 e. The van der Waals surface area contributed by atoms with Gasteiger partial charge >= 0.3 is 0 Å². The molecule has 5 heteroatoms. The average Bonchev–Trinajstić information content (AvgIpc) is 2.51. The summed E-state index contributed by atoms with van der Waals surface area (Å²) in [6, 6.07) is 2.18. The van der Waals surface area contributed by atoms with E-state index in [0.29, 0.717) is 4.83 Å². The van der Waals surface area contributed by atoms with Gasteiger partial charge in [-0.1, -0.05) is 15.9 Å². The molecule has 1 heterocycles. The second-order valence-corrected chi connectivity index (χ2v) is 9.05. The highest BCUT2D eigenvalue weighted by Crippen LogP contribution is 2.47. The number of hydrogen-bond donors (Lipinski definition) is 0. The lowest BCUT2D eigenvalue weighted by Crippen LogP contribution is -2.39. The molecule has 0 bridgehead atoms. The molecule has 1 aromatic heterocycles. The molecule has 0 radical (unpaired) electrons. The molecule has 2 rings (SSSR count). The highest BCUT2D eigenvalue weighted by atomic mass is 79.9. The molecule has 1 aliphatic carbocycles. The summed E-state index contributed by atoms with van der Waals surface area (Å²) in [5.74, 6) is 0. The molecule has 1 aromatic rings. The molecule has 90 valence electrons. The van der Waals surface area contributed by atoms with Crippen LogP contribution in [0.5, 0.6) is 0 Å². The molecule has 1 saturated carbocycles. The molecule has 0 saturated heterocycles. The number of rotatable bonds is 4. The summed E-state index contributed by atoms with van der Waals surface area (Å²) in [7, 11) is 1.83. The summed E-state index contributed by atoms with van der Waals surface area (Å²) in [5.41, 5.74) is 1.43. The van der Waals surface area contributed by atoms with Crippen molar-refractivity contribution in [1.82, 2.24) is 0 Å². The van der Waals surface area contributed by atoms with Gasteiger partial charge in [0.1, 0.15) is 0 Å². The zero-order valence-corrected chi connectivity index (χ0v) is 14.5. The lowest BCUT2D eigenvalue weighted by Gasteiger charge is -2.41. The van der Waals surface area contributed by atoms with Crippen LogP contribution < -0.4 is 0 Å². The minimum atomic E-state index is 0.113. The van der Waals surface area contributed by atoms with Crippen molar-refractivity contribution in [3.8, 4) is 0 Å². The minimum absolute atomic E-state index is 0.113. The molecule has 0 aliphatic heterocycles. The molecule has 1 aliphatic rings. The fraction of sp³-hybridized carbons (Fsp3) is 0.636. The summed E-state index contributed by atoms with van der Waals surface area (Å²) in [4.78, 5) is 0.365. The van der Waals surface area contributed by atoms with Gasteiger partial charge in [0.2, 0.25) is 0 Å². The lowest BCUT2D eigenvalue weighted by molar-refractivity contribution is -0.0773. The van der Waals surface area contributed by atoms with Gasteiger partial charge in [-0.25, -0.2) is 0 Å². The topological polar surface area (TPSA) is 9.23 Å². The molecule has 0 N–H and O–H groups in total. The van der Waals surface area contributed by atoms with Crippen LogP contribution in [-0.2, 0) is 4.74 Å². The number of thiophene rings is 1. The van der Waals surface area contributed by atoms with Gasteiger partial charge in [-0.3, -0.25) is 0 Å². The van der Waals surface area contributed by atoms with E-state index >= 15 is 0 Å². The van der Waals surface area contributed by atoms with E-state index < -0.39 is 0 Å². The fourth-order valence-corrected chi connectivity index (χ4v) is 6.45. The first-order valence-corrected chi connectivity index (χ1v) is 8.52. The molecule has 1 atom stereocenters. The Kier molecular flexibility index (Phi) is 4.56. The van der Waals surface area contributed by atoms with E-state index in [1.54, 1.807) is 11.3 Å². The third-order valence-corrected chi connectivity index (χ3v) is 6.47. The van der Waals surface area contributed by atoms with Crippen molar-refractivity contribution in [3.05, 3.63) is 19.2 Å². The Morgan fingerprint density at radius 1 is 1.50 bits per heavy atom. The highest BCUT2D eigenvalue weighted by molar-refractivity contribution is 9.12. The molecular formula is C11H13Br3OS. The maximum absolute atomic E-state index is 5.66. The third kappa shape index (κ3) is 2.74. The first-order valence-electron chi connectivity index (χ1n) is 5.20. The van der Waals surface area contributed by atoms with Crippen LogP contribution in [0.25, 0.3) is 0 Å². The SMILES string of the molecule is COC1(CC(Br)c2cc(Br)sc2Br)CCC1. The van der Waals surface area contributed by atoms with Crippen LogP contribution in [0.15, 0.2) is 13.6 Å². The Balaban J connectivity index is 2.07. The van der Waals surface area contributed by atoms with Gasteiger partial charge in [0, 0.05) is 11.9 Å². The van der Waals surface area contributed by atoms with Crippen LogP contribution in [0.2, 0.25) is 0 Å². The van der Waals surface area contributed by atoms with Gasteiger partial charge < -0.3 is 4.74 Å². The Morgan fingerprint density at radius 3 is 2.56 bits per heavy atom. The summed E-state index contributed by atoms with van der Waals surface area (Å²) >= 11 is 12.6. The zero-order valence-electron chi connectivity index (χ0n) is 8.93. The second-order valence-electron chi connectivity index (χ2n) is 4.19. The van der Waals surface area contributed by atoms with Gasteiger partial charge in [0.25, 0.3) is 0 Å². The summed E-state index contributed by atoms with van der Waals surface area (Å²) in [5, 5.41) is 0. The van der Waals surface area contributed by atoms with Crippen LogP contribution in [0, 0.1) is 0 Å². The standard InChI is InChI=1S/C11H13Br3OS/c1-15-11(3-2-4-11)6-8(12)7-5-9(13)16-10(7)14/h5,8H,2-4,6H2,1H3. The van der Waals surface area contributed by atoms with Crippen molar-refractivity contribution in [2.24, 2.45) is 0 Å². The predicted molar refractivity (Wildman–Crippen MR) is 79.6 cm³/mol. The minimum Gasteiger partial charge on any atom is -0.378 e. The van der Waals surface area contributed by atoms with Gasteiger partial charge in [-0.05, 0) is 69.2 Å². The van der Waals surface area contributed by atoms with Crippen molar-refractivity contribution in [1.29, 1.82) is 0 Å². The Morgan fingerprint density at radius 2 is 2.19 bits per heavy atom. The number of hydrogen-bond acceptors (Lipinski definition) is 2. The number of halogens is 3. The van der Waals surface area contributed by atoms with Crippen molar-refractivity contribution in [2.45, 2.75) is 36.1 Å². The van der Waals surface area contributed by atoms with Gasteiger partial charge in [-0.2, -0.15) is 0 Å². The van der Waals surface area contributed by atoms with Crippen molar-refractivity contribution in [3.63, 3.8) is 0 Å². The van der Waals surface area contributed by atoms with Crippen LogP contribution in [0.3, 0.4) is 0 Å². The predicted octanol–water partition coefficient (Wildman–Crippen LogP) is 5.67. The third-order valence-electron chi connectivity index (χ3n) is 3.27. The monoisotopic (exact) mass is 430 g/mol. The molecule has 1 unspecified atom stereocenters. The first kappa shape index (κ1) is 13.5. The molecule has 1 nitrogen and oxygen atoms in total. The van der Waals surface area contributed by atoms with Crippen LogP contribution >= 0.6 is 59.1 Å². The largest absolute Gasteiger partial charge is 0.378 e. The van der Waals surface area contributed by atoms with E-state index in [-0.39, 0.29) is 5.60 Å². The maximum atomic E-state index is 5.66. The first-order chi connectivity index (χ1) is 7.56. The van der Waals surface area contributed by atoms with Gasteiger partial charge in [0.15, 0.2) is 0 Å². The summed E-state index contributed by atoms with van der Waals surface area (Å²) in [6.07, 6.45) is 4.72. The van der Waals surface area contributed by atoms with Crippen LogP contribution in [0.4, 0.5) is 0 Å². The average molecular weight is 433 g/mol. The molecular weight excluding hydrogens is 420 g/mol. The van der Waals surface area contributed by atoms with Gasteiger partial charge in [-0.15, -0.1) is 11.3 Å². The quantitative estimate of drug-likeness (QED) is 0.557. The number of methoxy groups -OCH3 is 1. The molecule has 1 fully saturated rings. The van der Waals surface area contributed by atoms with Gasteiger partial charge in [0.05, 0.1) is 13.2 Å².